The largest absolute Gasteiger partial charge is 0.374 e. The molecule has 0 saturated heterocycles. The SMILES string of the molecule is C=CCN1Cc2cc([N+](=O)[O-])ccc2N[C@@H](C)C1=O. The van der Waals surface area contributed by atoms with Gasteiger partial charge in [0.1, 0.15) is 6.04 Å². The second kappa shape index (κ2) is 5.09. The lowest BCUT2D eigenvalue weighted by atomic mass is 10.1. The van der Waals surface area contributed by atoms with E-state index in [0.29, 0.717) is 13.1 Å². The topological polar surface area (TPSA) is 75.5 Å². The second-order valence-electron chi connectivity index (χ2n) is 4.47. The molecular formula is C13H15N3O3. The van der Waals surface area contributed by atoms with E-state index >= 15 is 0 Å². The Kier molecular flexibility index (Phi) is 3.50. The van der Waals surface area contributed by atoms with E-state index < -0.39 is 4.92 Å². The van der Waals surface area contributed by atoms with E-state index in [1.165, 1.54) is 12.1 Å². The van der Waals surface area contributed by atoms with E-state index in [9.17, 15) is 14.9 Å². The third kappa shape index (κ3) is 2.57. The lowest BCUT2D eigenvalue weighted by molar-refractivity contribution is -0.384. The van der Waals surface area contributed by atoms with Crippen molar-refractivity contribution >= 4 is 17.3 Å². The minimum atomic E-state index is -0.436. The summed E-state index contributed by atoms with van der Waals surface area (Å²) in [5, 5.41) is 13.9. The highest BCUT2D eigenvalue weighted by atomic mass is 16.6. The Morgan fingerprint density at radius 1 is 1.63 bits per heavy atom. The number of amides is 1. The predicted molar refractivity (Wildman–Crippen MR) is 71.8 cm³/mol. The lowest BCUT2D eigenvalue weighted by Crippen LogP contribution is -2.38. The molecule has 0 fully saturated rings. The monoisotopic (exact) mass is 261 g/mol. The van der Waals surface area contributed by atoms with Crippen molar-refractivity contribution in [3.05, 3.63) is 46.5 Å². The van der Waals surface area contributed by atoms with Gasteiger partial charge in [-0.2, -0.15) is 0 Å². The number of benzene rings is 1. The van der Waals surface area contributed by atoms with Gasteiger partial charge in [0.25, 0.3) is 5.69 Å². The van der Waals surface area contributed by atoms with Crippen LogP contribution in [0, 0.1) is 10.1 Å². The minimum Gasteiger partial charge on any atom is -0.374 e. The number of fused-ring (bicyclic) bond motifs is 1. The van der Waals surface area contributed by atoms with E-state index in [-0.39, 0.29) is 17.6 Å². The zero-order chi connectivity index (χ0) is 14.0. The van der Waals surface area contributed by atoms with Gasteiger partial charge in [0.2, 0.25) is 5.91 Å². The van der Waals surface area contributed by atoms with Crippen LogP contribution < -0.4 is 5.32 Å². The maximum absolute atomic E-state index is 12.1. The fraction of sp³-hybridized carbons (Fsp3) is 0.308. The Hall–Kier alpha value is -2.37. The Bertz CT molecular complexity index is 542. The maximum atomic E-state index is 12.1. The van der Waals surface area contributed by atoms with Crippen LogP contribution in [0.15, 0.2) is 30.9 Å². The molecule has 1 atom stereocenters. The van der Waals surface area contributed by atoms with Crippen LogP contribution in [0.25, 0.3) is 0 Å². The average Bonchev–Trinajstić information content (AvgIpc) is 2.49. The summed E-state index contributed by atoms with van der Waals surface area (Å²) < 4.78 is 0. The van der Waals surface area contributed by atoms with Crippen molar-refractivity contribution in [1.82, 2.24) is 4.90 Å². The lowest BCUT2D eigenvalue weighted by Gasteiger charge is -2.20. The molecule has 1 N–H and O–H groups in total. The van der Waals surface area contributed by atoms with Gasteiger partial charge in [0.05, 0.1) is 4.92 Å². The highest BCUT2D eigenvalue weighted by Gasteiger charge is 2.26. The van der Waals surface area contributed by atoms with Crippen LogP contribution in [0.4, 0.5) is 11.4 Å². The number of nitro groups is 1. The molecule has 1 aromatic rings. The third-order valence-corrected chi connectivity index (χ3v) is 3.06. The van der Waals surface area contributed by atoms with Crippen molar-refractivity contribution in [2.75, 3.05) is 11.9 Å². The third-order valence-electron chi connectivity index (χ3n) is 3.06. The molecule has 0 spiro atoms. The first-order valence-corrected chi connectivity index (χ1v) is 5.96. The number of anilines is 1. The predicted octanol–water partition coefficient (Wildman–Crippen LogP) is 1.92. The van der Waals surface area contributed by atoms with E-state index in [0.717, 1.165) is 11.3 Å². The van der Waals surface area contributed by atoms with E-state index in [1.807, 2.05) is 0 Å². The molecule has 0 unspecified atom stereocenters. The summed E-state index contributed by atoms with van der Waals surface area (Å²) >= 11 is 0. The summed E-state index contributed by atoms with van der Waals surface area (Å²) in [7, 11) is 0. The Morgan fingerprint density at radius 2 is 2.37 bits per heavy atom. The normalized spacial score (nSPS) is 18.3. The Balaban J connectivity index is 2.41. The molecule has 0 bridgehead atoms. The molecule has 2 rings (SSSR count). The molecule has 1 amide bonds. The first kappa shape index (κ1) is 13.1. The summed E-state index contributed by atoms with van der Waals surface area (Å²) in [5.74, 6) is -0.0428. The van der Waals surface area contributed by atoms with Gasteiger partial charge in [0, 0.05) is 36.5 Å². The number of nitrogens with zero attached hydrogens (tertiary/aromatic N) is 2. The molecule has 0 saturated carbocycles. The van der Waals surface area contributed by atoms with Crippen LogP contribution in [0.3, 0.4) is 0 Å². The van der Waals surface area contributed by atoms with Gasteiger partial charge in [0.15, 0.2) is 0 Å². The smallest absolute Gasteiger partial charge is 0.269 e. The Labute approximate surface area is 110 Å². The van der Waals surface area contributed by atoms with Crippen LogP contribution in [0.5, 0.6) is 0 Å². The summed E-state index contributed by atoms with van der Waals surface area (Å²) in [4.78, 5) is 24.1. The first-order valence-electron chi connectivity index (χ1n) is 5.96. The number of carbonyl (C=O) groups excluding carboxylic acids is 1. The number of nitrogens with one attached hydrogen (secondary N) is 1. The standard InChI is InChI=1S/C13H15N3O3/c1-3-6-15-8-10-7-11(16(18)19)4-5-12(10)14-9(2)13(15)17/h3-5,7,9,14H,1,6,8H2,2H3/t9-/m0/s1. The zero-order valence-electron chi connectivity index (χ0n) is 10.6. The molecule has 1 aliphatic rings. The van der Waals surface area contributed by atoms with Crippen LogP contribution in [-0.4, -0.2) is 28.3 Å². The molecule has 0 radical (unpaired) electrons. The van der Waals surface area contributed by atoms with Gasteiger partial charge in [-0.15, -0.1) is 6.58 Å². The van der Waals surface area contributed by atoms with Crippen LogP contribution in [-0.2, 0) is 11.3 Å². The van der Waals surface area contributed by atoms with Gasteiger partial charge in [-0.25, -0.2) is 0 Å². The van der Waals surface area contributed by atoms with Crippen molar-refractivity contribution < 1.29 is 9.72 Å². The van der Waals surface area contributed by atoms with Gasteiger partial charge in [-0.3, -0.25) is 14.9 Å². The fourth-order valence-corrected chi connectivity index (χ4v) is 2.13. The molecular weight excluding hydrogens is 246 g/mol. The molecule has 6 nitrogen and oxygen atoms in total. The number of hydrogen-bond acceptors (Lipinski definition) is 4. The van der Waals surface area contributed by atoms with Crippen molar-refractivity contribution in [3.63, 3.8) is 0 Å². The van der Waals surface area contributed by atoms with Crippen molar-refractivity contribution in [1.29, 1.82) is 0 Å². The molecule has 1 aromatic carbocycles. The highest BCUT2D eigenvalue weighted by Crippen LogP contribution is 2.27. The highest BCUT2D eigenvalue weighted by molar-refractivity contribution is 5.86. The molecule has 0 aromatic heterocycles. The molecule has 6 heteroatoms. The van der Waals surface area contributed by atoms with Gasteiger partial charge < -0.3 is 10.2 Å². The molecule has 19 heavy (non-hydrogen) atoms. The number of non-ortho nitro benzene ring substituents is 1. The van der Waals surface area contributed by atoms with Crippen LogP contribution >= 0.6 is 0 Å². The molecule has 0 aliphatic carbocycles. The molecule has 1 heterocycles. The fourth-order valence-electron chi connectivity index (χ4n) is 2.13. The molecule has 100 valence electrons. The summed E-state index contributed by atoms with van der Waals surface area (Å²) in [5.41, 5.74) is 1.54. The van der Waals surface area contributed by atoms with E-state index in [2.05, 4.69) is 11.9 Å². The maximum Gasteiger partial charge on any atom is 0.269 e. The number of carbonyl (C=O) groups is 1. The minimum absolute atomic E-state index is 0.0288. The number of nitro benzene ring substituents is 1. The second-order valence-corrected chi connectivity index (χ2v) is 4.47. The number of rotatable bonds is 3. The van der Waals surface area contributed by atoms with Crippen molar-refractivity contribution in [2.24, 2.45) is 0 Å². The summed E-state index contributed by atoms with van der Waals surface area (Å²) in [6.45, 7) is 6.17. The van der Waals surface area contributed by atoms with E-state index in [1.54, 1.807) is 24.0 Å². The zero-order valence-corrected chi connectivity index (χ0v) is 10.6. The average molecular weight is 261 g/mol. The van der Waals surface area contributed by atoms with Crippen molar-refractivity contribution in [3.8, 4) is 0 Å². The first-order chi connectivity index (χ1) is 9.02. The quantitative estimate of drug-likeness (QED) is 0.512. The summed E-state index contributed by atoms with van der Waals surface area (Å²) in [6.07, 6.45) is 1.65. The Morgan fingerprint density at radius 3 is 3.00 bits per heavy atom. The van der Waals surface area contributed by atoms with Crippen LogP contribution in [0.1, 0.15) is 12.5 Å². The van der Waals surface area contributed by atoms with Crippen LogP contribution in [0.2, 0.25) is 0 Å². The van der Waals surface area contributed by atoms with Gasteiger partial charge in [-0.1, -0.05) is 6.08 Å². The molecule has 1 aliphatic heterocycles. The van der Waals surface area contributed by atoms with Gasteiger partial charge in [-0.05, 0) is 13.0 Å². The summed E-state index contributed by atoms with van der Waals surface area (Å²) in [6, 6.07) is 4.23. The number of hydrogen-bond donors (Lipinski definition) is 1. The van der Waals surface area contributed by atoms with Gasteiger partial charge >= 0.3 is 0 Å². The van der Waals surface area contributed by atoms with E-state index in [4.69, 9.17) is 0 Å². The van der Waals surface area contributed by atoms with Crippen molar-refractivity contribution in [2.45, 2.75) is 19.5 Å².